The number of allylic oxidation sites excluding steroid dienone is 6. The Labute approximate surface area is 340 Å². The number of aliphatic hydroxyl groups excluding tert-OH is 1. The second-order valence-corrected chi connectivity index (χ2v) is 18.1. The highest BCUT2D eigenvalue weighted by Crippen LogP contribution is 2.43. The lowest BCUT2D eigenvalue weighted by molar-refractivity contribution is -0.870. The fourth-order valence-electron chi connectivity index (χ4n) is 6.31. The molecular formula is C46H89NO7P+. The Morgan fingerprint density at radius 3 is 1.36 bits per heavy atom. The fraction of sp³-hybridized carbons (Fsp3) is 0.848. The molecule has 0 fully saturated rings. The van der Waals surface area contributed by atoms with Gasteiger partial charge in [0.1, 0.15) is 25.9 Å². The highest BCUT2D eigenvalue weighted by Gasteiger charge is 2.24. The standard InChI is InChI=1S/C46H88NO7P/c1-5-6-7-8-9-10-11-12-13-14-15-16-17-18-19-20-21-22-23-24-25-26-27-28-29-30-31-32-33-34-35-36-37-38-39-40-46(49)52-43-45(48)44-54-55(50,51)53-42-41-47(2,3)4/h11-12,14-15,17-18,45,48H,5-10,13,16,19-44H2,1-4H3/p+1/b12-11-,15-14-,18-17-. The lowest BCUT2D eigenvalue weighted by Gasteiger charge is -2.24. The van der Waals surface area contributed by atoms with Gasteiger partial charge in [0.25, 0.3) is 0 Å². The Morgan fingerprint density at radius 1 is 0.564 bits per heavy atom. The van der Waals surface area contributed by atoms with Gasteiger partial charge in [-0.15, -0.1) is 0 Å². The fourth-order valence-corrected chi connectivity index (χ4v) is 7.06. The number of rotatable bonds is 42. The molecule has 0 heterocycles. The third-order valence-electron chi connectivity index (χ3n) is 9.90. The van der Waals surface area contributed by atoms with E-state index in [-0.39, 0.29) is 19.2 Å². The second kappa shape index (κ2) is 39.5. The number of nitrogens with zero attached hydrogens (tertiary/aromatic N) is 1. The van der Waals surface area contributed by atoms with E-state index in [1.807, 2.05) is 21.1 Å². The minimum atomic E-state index is -4.25. The summed E-state index contributed by atoms with van der Waals surface area (Å²) in [5.74, 6) is -0.368. The first-order valence-corrected chi connectivity index (χ1v) is 24.3. The first kappa shape index (κ1) is 53.7. The molecule has 0 amide bonds. The Bertz CT molecular complexity index is 978. The normalized spacial score (nSPS) is 14.1. The minimum Gasteiger partial charge on any atom is -0.463 e. The third kappa shape index (κ3) is 45.3. The zero-order valence-corrected chi connectivity index (χ0v) is 37.3. The lowest BCUT2D eigenvalue weighted by atomic mass is 10.0. The highest BCUT2D eigenvalue weighted by molar-refractivity contribution is 7.47. The van der Waals surface area contributed by atoms with E-state index in [0.717, 1.165) is 32.1 Å². The molecule has 0 aliphatic heterocycles. The van der Waals surface area contributed by atoms with Crippen LogP contribution in [0, 0.1) is 0 Å². The van der Waals surface area contributed by atoms with Gasteiger partial charge in [-0.3, -0.25) is 13.8 Å². The van der Waals surface area contributed by atoms with E-state index in [0.29, 0.717) is 17.4 Å². The molecule has 2 unspecified atom stereocenters. The van der Waals surface area contributed by atoms with Gasteiger partial charge in [-0.05, 0) is 44.9 Å². The number of carbonyl (C=O) groups excluding carboxylic acids is 1. The van der Waals surface area contributed by atoms with E-state index < -0.39 is 20.5 Å². The summed E-state index contributed by atoms with van der Waals surface area (Å²) in [6.07, 6.45) is 50.6. The summed E-state index contributed by atoms with van der Waals surface area (Å²) in [5, 5.41) is 9.92. The highest BCUT2D eigenvalue weighted by atomic mass is 31.2. The predicted octanol–water partition coefficient (Wildman–Crippen LogP) is 13.1. The zero-order chi connectivity index (χ0) is 40.6. The molecule has 0 aromatic rings. The topological polar surface area (TPSA) is 102 Å². The van der Waals surface area contributed by atoms with Crippen molar-refractivity contribution in [1.29, 1.82) is 0 Å². The maximum atomic E-state index is 12.0. The van der Waals surface area contributed by atoms with Crippen molar-refractivity contribution in [1.82, 2.24) is 0 Å². The monoisotopic (exact) mass is 799 g/mol. The smallest absolute Gasteiger partial charge is 0.463 e. The van der Waals surface area contributed by atoms with Crippen molar-refractivity contribution < 1.29 is 37.6 Å². The van der Waals surface area contributed by atoms with Crippen LogP contribution in [0.25, 0.3) is 0 Å². The van der Waals surface area contributed by atoms with E-state index in [2.05, 4.69) is 43.4 Å². The van der Waals surface area contributed by atoms with Crippen LogP contribution in [0.15, 0.2) is 36.5 Å². The quantitative estimate of drug-likeness (QED) is 0.0208. The van der Waals surface area contributed by atoms with Crippen LogP contribution in [0.2, 0.25) is 0 Å². The van der Waals surface area contributed by atoms with Gasteiger partial charge in [-0.1, -0.05) is 185 Å². The first-order valence-electron chi connectivity index (χ1n) is 22.8. The largest absolute Gasteiger partial charge is 0.472 e. The molecule has 9 heteroatoms. The van der Waals surface area contributed by atoms with Crippen LogP contribution in [0.1, 0.15) is 200 Å². The minimum absolute atomic E-state index is 0.0552. The SMILES string of the molecule is CCCCCCC/C=C\C/C=C\C/C=C\CCCCCCCCCCCCCCCCCCCCCCC(=O)OCC(O)COP(=O)(O)OCC[N+](C)(C)C. The number of hydrogen-bond donors (Lipinski definition) is 2. The first-order chi connectivity index (χ1) is 26.6. The number of unbranched alkanes of at least 4 members (excludes halogenated alkanes) is 25. The summed E-state index contributed by atoms with van der Waals surface area (Å²) in [6, 6.07) is 0. The van der Waals surface area contributed by atoms with Crippen molar-refractivity contribution in [3.05, 3.63) is 36.5 Å². The van der Waals surface area contributed by atoms with Crippen LogP contribution in [0.3, 0.4) is 0 Å². The number of quaternary nitrogens is 1. The van der Waals surface area contributed by atoms with E-state index in [1.54, 1.807) is 0 Å². The molecule has 324 valence electrons. The Morgan fingerprint density at radius 2 is 0.945 bits per heavy atom. The van der Waals surface area contributed by atoms with Crippen molar-refractivity contribution in [3.8, 4) is 0 Å². The van der Waals surface area contributed by atoms with Gasteiger partial charge < -0.3 is 19.2 Å². The van der Waals surface area contributed by atoms with Crippen LogP contribution >= 0.6 is 7.82 Å². The number of carbonyl (C=O) groups is 1. The van der Waals surface area contributed by atoms with E-state index in [4.69, 9.17) is 13.8 Å². The van der Waals surface area contributed by atoms with Gasteiger partial charge in [0.2, 0.25) is 0 Å². The predicted molar refractivity (Wildman–Crippen MR) is 233 cm³/mol. The van der Waals surface area contributed by atoms with Gasteiger partial charge in [-0.2, -0.15) is 0 Å². The number of likely N-dealkylation sites (N-methyl/N-ethyl adjacent to an activating group) is 1. The van der Waals surface area contributed by atoms with Crippen molar-refractivity contribution in [2.75, 3.05) is 47.5 Å². The van der Waals surface area contributed by atoms with Crippen LogP contribution in [-0.2, 0) is 23.1 Å². The van der Waals surface area contributed by atoms with Crippen LogP contribution in [-0.4, -0.2) is 74.1 Å². The maximum Gasteiger partial charge on any atom is 0.472 e. The molecule has 0 radical (unpaired) electrons. The Hall–Kier alpha value is -1.28. The summed E-state index contributed by atoms with van der Waals surface area (Å²) in [7, 11) is 1.57. The molecule has 0 aromatic heterocycles. The molecule has 0 bridgehead atoms. The molecule has 2 N–H and O–H groups in total. The summed E-state index contributed by atoms with van der Waals surface area (Å²) in [5.41, 5.74) is 0. The van der Waals surface area contributed by atoms with E-state index in [9.17, 15) is 19.4 Å². The van der Waals surface area contributed by atoms with Gasteiger partial charge in [0.05, 0.1) is 27.7 Å². The number of phosphoric acid groups is 1. The summed E-state index contributed by atoms with van der Waals surface area (Å²) < 4.78 is 27.3. The lowest BCUT2D eigenvalue weighted by Crippen LogP contribution is -2.37. The summed E-state index contributed by atoms with van der Waals surface area (Å²) >= 11 is 0. The van der Waals surface area contributed by atoms with E-state index in [1.165, 1.54) is 154 Å². The number of ether oxygens (including phenoxy) is 1. The van der Waals surface area contributed by atoms with Crippen LogP contribution in [0.4, 0.5) is 0 Å². The molecule has 0 saturated carbocycles. The number of phosphoric ester groups is 1. The van der Waals surface area contributed by atoms with E-state index >= 15 is 0 Å². The molecule has 55 heavy (non-hydrogen) atoms. The van der Waals surface area contributed by atoms with Crippen molar-refractivity contribution in [2.24, 2.45) is 0 Å². The summed E-state index contributed by atoms with van der Waals surface area (Å²) in [6.45, 7) is 2.15. The maximum absolute atomic E-state index is 12.0. The molecule has 0 spiro atoms. The van der Waals surface area contributed by atoms with Crippen molar-refractivity contribution in [2.45, 2.75) is 206 Å². The Balaban J connectivity index is 3.36. The molecule has 0 aromatic carbocycles. The number of aliphatic hydroxyl groups is 1. The zero-order valence-electron chi connectivity index (χ0n) is 36.4. The number of hydrogen-bond acceptors (Lipinski definition) is 6. The van der Waals surface area contributed by atoms with Crippen LogP contribution in [0.5, 0.6) is 0 Å². The van der Waals surface area contributed by atoms with Crippen LogP contribution < -0.4 is 0 Å². The summed E-state index contributed by atoms with van der Waals surface area (Å²) in [4.78, 5) is 21.7. The average molecular weight is 799 g/mol. The van der Waals surface area contributed by atoms with Gasteiger partial charge in [-0.25, -0.2) is 4.57 Å². The molecule has 0 rings (SSSR count). The van der Waals surface area contributed by atoms with Gasteiger partial charge >= 0.3 is 13.8 Å². The third-order valence-corrected chi connectivity index (χ3v) is 10.9. The molecule has 8 nitrogen and oxygen atoms in total. The van der Waals surface area contributed by atoms with Crippen molar-refractivity contribution >= 4 is 13.8 Å². The molecule has 2 atom stereocenters. The molecule has 0 aliphatic rings. The van der Waals surface area contributed by atoms with Gasteiger partial charge in [0, 0.05) is 6.42 Å². The average Bonchev–Trinajstić information content (AvgIpc) is 3.14. The molecule has 0 saturated heterocycles. The molecule has 0 aliphatic carbocycles. The number of esters is 1. The van der Waals surface area contributed by atoms with Gasteiger partial charge in [0.15, 0.2) is 0 Å². The molecular weight excluding hydrogens is 709 g/mol. The second-order valence-electron chi connectivity index (χ2n) is 16.6. The van der Waals surface area contributed by atoms with Crippen molar-refractivity contribution in [3.63, 3.8) is 0 Å². The Kier molecular flexibility index (Phi) is 38.6.